The van der Waals surface area contributed by atoms with Crippen molar-refractivity contribution in [2.75, 3.05) is 38.7 Å². The van der Waals surface area contributed by atoms with Crippen LogP contribution in [-0.4, -0.2) is 77.4 Å². The molecule has 9 nitrogen and oxygen atoms in total. The Hall–Kier alpha value is -3.37. The molecule has 3 fully saturated rings. The molecule has 4 heterocycles. The summed E-state index contributed by atoms with van der Waals surface area (Å²) in [5, 5.41) is 3.92. The van der Waals surface area contributed by atoms with Gasteiger partial charge in [0, 0.05) is 49.6 Å². The van der Waals surface area contributed by atoms with E-state index in [1.807, 2.05) is 15.9 Å². The predicted octanol–water partition coefficient (Wildman–Crippen LogP) is 4.61. The second-order valence-electron chi connectivity index (χ2n) is 9.58. The predicted molar refractivity (Wildman–Crippen MR) is 136 cm³/mol. The minimum absolute atomic E-state index is 0.0180. The van der Waals surface area contributed by atoms with Crippen molar-refractivity contribution in [1.82, 2.24) is 19.8 Å². The van der Waals surface area contributed by atoms with E-state index in [1.54, 1.807) is 19.2 Å². The van der Waals surface area contributed by atoms with Crippen LogP contribution in [0, 0.1) is 5.82 Å². The standard InChI is InChI=1S/C26H27ClFN5O4/c1-35-23-11-22-19(25(30-14-29-22)31-15-2-3-21(28)20(27)8-15)10-24(23)37-17-4-6-32(7-5-17)26(34)33-12-18-9-16(33)13-36-18/h2-3,8,10-11,14,16-18H,4-7,9,12-13H2,1H3,(H,29,30,31)/t16-,18-/m0/s1. The van der Waals surface area contributed by atoms with Gasteiger partial charge in [0.05, 0.1) is 36.4 Å². The van der Waals surface area contributed by atoms with Crippen LogP contribution >= 0.6 is 11.6 Å². The summed E-state index contributed by atoms with van der Waals surface area (Å²) in [6.07, 6.45) is 3.96. The Morgan fingerprint density at radius 1 is 1.19 bits per heavy atom. The molecule has 6 rings (SSSR count). The van der Waals surface area contributed by atoms with E-state index < -0.39 is 5.82 Å². The normalized spacial score (nSPS) is 21.5. The summed E-state index contributed by atoms with van der Waals surface area (Å²) in [5.41, 5.74) is 1.26. The maximum absolute atomic E-state index is 13.6. The van der Waals surface area contributed by atoms with Crippen LogP contribution in [0.1, 0.15) is 19.3 Å². The molecule has 2 bridgehead atoms. The SMILES string of the molecule is COc1cc2ncnc(Nc3ccc(F)c(Cl)c3)c2cc1OC1CCN(C(=O)N2C[C@@H]3C[C@H]2CO3)CC1. The number of benzene rings is 2. The molecule has 3 aliphatic heterocycles. The Kier molecular flexibility index (Phi) is 6.37. The van der Waals surface area contributed by atoms with E-state index in [1.165, 1.54) is 18.5 Å². The molecule has 0 aliphatic carbocycles. The monoisotopic (exact) mass is 527 g/mol. The van der Waals surface area contributed by atoms with E-state index in [0.29, 0.717) is 54.8 Å². The number of hydrogen-bond acceptors (Lipinski definition) is 7. The third kappa shape index (κ3) is 4.71. The van der Waals surface area contributed by atoms with Crippen LogP contribution in [0.4, 0.5) is 20.7 Å². The molecule has 2 amide bonds. The molecule has 0 spiro atoms. The van der Waals surface area contributed by atoms with Gasteiger partial charge in [0.25, 0.3) is 0 Å². The number of nitrogens with zero attached hydrogens (tertiary/aromatic N) is 4. The zero-order valence-electron chi connectivity index (χ0n) is 20.3. The molecular weight excluding hydrogens is 501 g/mol. The molecule has 3 saturated heterocycles. The number of piperidine rings is 1. The van der Waals surface area contributed by atoms with Gasteiger partial charge in [-0.15, -0.1) is 0 Å². The molecule has 11 heteroatoms. The fourth-order valence-corrected chi connectivity index (χ4v) is 5.47. The number of nitrogens with one attached hydrogen (secondary N) is 1. The summed E-state index contributed by atoms with van der Waals surface area (Å²) in [7, 11) is 1.59. The first-order chi connectivity index (χ1) is 18.0. The molecule has 3 aliphatic rings. The molecule has 37 heavy (non-hydrogen) atoms. The average molecular weight is 528 g/mol. The number of carbonyl (C=O) groups is 1. The number of carbonyl (C=O) groups excluding carboxylic acids is 1. The zero-order chi connectivity index (χ0) is 25.5. The molecule has 194 valence electrons. The highest BCUT2D eigenvalue weighted by Gasteiger charge is 2.43. The number of morpholine rings is 1. The van der Waals surface area contributed by atoms with Crippen LogP contribution in [-0.2, 0) is 4.74 Å². The number of ether oxygens (including phenoxy) is 3. The topological polar surface area (TPSA) is 89.1 Å². The lowest BCUT2D eigenvalue weighted by Gasteiger charge is -2.37. The highest BCUT2D eigenvalue weighted by Crippen LogP contribution is 2.37. The van der Waals surface area contributed by atoms with Gasteiger partial charge < -0.3 is 29.3 Å². The van der Waals surface area contributed by atoms with E-state index in [0.717, 1.165) is 24.6 Å². The van der Waals surface area contributed by atoms with E-state index in [2.05, 4.69) is 15.3 Å². The van der Waals surface area contributed by atoms with Crippen molar-refractivity contribution in [2.24, 2.45) is 0 Å². The van der Waals surface area contributed by atoms with Gasteiger partial charge in [-0.2, -0.15) is 0 Å². The number of hydrogen-bond donors (Lipinski definition) is 1. The quantitative estimate of drug-likeness (QED) is 0.518. The molecule has 2 aromatic carbocycles. The zero-order valence-corrected chi connectivity index (χ0v) is 21.1. The first-order valence-electron chi connectivity index (χ1n) is 12.4. The van der Waals surface area contributed by atoms with Crippen molar-refractivity contribution in [3.63, 3.8) is 0 Å². The van der Waals surface area contributed by atoms with Crippen molar-refractivity contribution in [3.05, 3.63) is 47.5 Å². The lowest BCUT2D eigenvalue weighted by molar-refractivity contribution is 0.0304. The summed E-state index contributed by atoms with van der Waals surface area (Å²) in [6.45, 7) is 2.61. The number of likely N-dealkylation sites (tertiary alicyclic amines) is 2. The van der Waals surface area contributed by atoms with Crippen molar-refractivity contribution in [2.45, 2.75) is 37.5 Å². The summed E-state index contributed by atoms with van der Waals surface area (Å²) < 4.78 is 31.2. The molecular formula is C26H27ClFN5O4. The number of methoxy groups -OCH3 is 1. The maximum atomic E-state index is 13.6. The number of amides is 2. The first kappa shape index (κ1) is 24.0. The van der Waals surface area contributed by atoms with Crippen LogP contribution in [0.15, 0.2) is 36.7 Å². The third-order valence-corrected chi connectivity index (χ3v) is 7.54. The first-order valence-corrected chi connectivity index (χ1v) is 12.7. The number of halogens is 2. The van der Waals surface area contributed by atoms with Gasteiger partial charge in [-0.3, -0.25) is 0 Å². The highest BCUT2D eigenvalue weighted by molar-refractivity contribution is 6.31. The Morgan fingerprint density at radius 3 is 2.73 bits per heavy atom. The summed E-state index contributed by atoms with van der Waals surface area (Å²) in [5.74, 6) is 1.18. The van der Waals surface area contributed by atoms with Gasteiger partial charge >= 0.3 is 6.03 Å². The van der Waals surface area contributed by atoms with Crippen LogP contribution in [0.5, 0.6) is 11.5 Å². The Morgan fingerprint density at radius 2 is 2.03 bits per heavy atom. The van der Waals surface area contributed by atoms with Crippen molar-refractivity contribution < 1.29 is 23.4 Å². The van der Waals surface area contributed by atoms with E-state index in [4.69, 9.17) is 25.8 Å². The minimum Gasteiger partial charge on any atom is -0.493 e. The van der Waals surface area contributed by atoms with E-state index >= 15 is 0 Å². The van der Waals surface area contributed by atoms with Gasteiger partial charge in [0.1, 0.15) is 24.1 Å². The van der Waals surface area contributed by atoms with Crippen molar-refractivity contribution in [1.29, 1.82) is 0 Å². The minimum atomic E-state index is -0.491. The number of fused-ring (bicyclic) bond motifs is 3. The van der Waals surface area contributed by atoms with Crippen LogP contribution < -0.4 is 14.8 Å². The molecule has 3 aromatic rings. The van der Waals surface area contributed by atoms with Gasteiger partial charge in [0.2, 0.25) is 0 Å². The smallest absolute Gasteiger partial charge is 0.320 e. The lowest BCUT2D eigenvalue weighted by atomic mass is 10.1. The summed E-state index contributed by atoms with van der Waals surface area (Å²) in [6, 6.07) is 8.35. The van der Waals surface area contributed by atoms with E-state index in [9.17, 15) is 9.18 Å². The van der Waals surface area contributed by atoms with Gasteiger partial charge in [0.15, 0.2) is 11.5 Å². The molecule has 2 atom stereocenters. The number of anilines is 2. The highest BCUT2D eigenvalue weighted by atomic mass is 35.5. The van der Waals surface area contributed by atoms with Crippen LogP contribution in [0.25, 0.3) is 10.9 Å². The molecule has 1 N–H and O–H groups in total. The van der Waals surface area contributed by atoms with Crippen LogP contribution in [0.3, 0.4) is 0 Å². The lowest BCUT2D eigenvalue weighted by Crippen LogP contribution is -2.51. The van der Waals surface area contributed by atoms with Crippen molar-refractivity contribution >= 4 is 40.0 Å². The largest absolute Gasteiger partial charge is 0.493 e. The Balaban J connectivity index is 1.17. The number of rotatable bonds is 5. The van der Waals surface area contributed by atoms with Gasteiger partial charge in [-0.25, -0.2) is 19.2 Å². The second kappa shape index (κ2) is 9.83. The maximum Gasteiger partial charge on any atom is 0.320 e. The van der Waals surface area contributed by atoms with E-state index in [-0.39, 0.29) is 29.3 Å². The third-order valence-electron chi connectivity index (χ3n) is 7.26. The second-order valence-corrected chi connectivity index (χ2v) is 9.99. The fourth-order valence-electron chi connectivity index (χ4n) is 5.29. The average Bonchev–Trinajstić information content (AvgIpc) is 3.55. The number of urea groups is 1. The molecule has 0 saturated carbocycles. The fraction of sp³-hybridized carbons (Fsp3) is 0.423. The van der Waals surface area contributed by atoms with Gasteiger partial charge in [-0.1, -0.05) is 11.6 Å². The molecule has 1 aromatic heterocycles. The van der Waals surface area contributed by atoms with Crippen LogP contribution in [0.2, 0.25) is 5.02 Å². The number of aromatic nitrogens is 2. The van der Waals surface area contributed by atoms with Crippen molar-refractivity contribution in [3.8, 4) is 11.5 Å². The summed E-state index contributed by atoms with van der Waals surface area (Å²) >= 11 is 5.94. The molecule has 0 radical (unpaired) electrons. The Bertz CT molecular complexity index is 1340. The van der Waals surface area contributed by atoms with Gasteiger partial charge in [-0.05, 0) is 30.7 Å². The summed E-state index contributed by atoms with van der Waals surface area (Å²) in [4.78, 5) is 25.6. The Labute approximate surface area is 218 Å². The molecule has 0 unspecified atom stereocenters.